The van der Waals surface area contributed by atoms with E-state index in [-0.39, 0.29) is 6.04 Å². The van der Waals surface area contributed by atoms with Gasteiger partial charge in [0.1, 0.15) is 5.75 Å². The van der Waals surface area contributed by atoms with Gasteiger partial charge in [0.05, 0.1) is 17.6 Å². The van der Waals surface area contributed by atoms with Crippen LogP contribution in [0.3, 0.4) is 0 Å². The van der Waals surface area contributed by atoms with Crippen molar-refractivity contribution in [3.63, 3.8) is 0 Å². The fourth-order valence-corrected chi connectivity index (χ4v) is 3.06. The van der Waals surface area contributed by atoms with Crippen LogP contribution in [0, 0.1) is 0 Å². The van der Waals surface area contributed by atoms with E-state index < -0.39 is 0 Å². The summed E-state index contributed by atoms with van der Waals surface area (Å²) in [6.07, 6.45) is 1.10. The zero-order valence-corrected chi connectivity index (χ0v) is 15.4. The van der Waals surface area contributed by atoms with E-state index in [0.29, 0.717) is 0 Å². The second-order valence-electron chi connectivity index (χ2n) is 4.83. The molecule has 2 nitrogen and oxygen atoms in total. The fourth-order valence-electron chi connectivity index (χ4n) is 2.23. The molecule has 4 heteroatoms. The number of hydrogen-bond donors (Lipinski definition) is 1. The van der Waals surface area contributed by atoms with Crippen molar-refractivity contribution in [1.82, 2.24) is 5.32 Å². The van der Waals surface area contributed by atoms with Gasteiger partial charge in [-0.25, -0.2) is 0 Å². The average Bonchev–Trinajstić information content (AvgIpc) is 2.49. The Hall–Kier alpha value is -0.840. The standard InChI is InChI=1S/C17H19Br2NO/c1-3-10-20-17(12-4-7-14(18)8-5-12)13-6-9-16(21-2)15(19)11-13/h4-9,11,17,20H,3,10H2,1-2H3. The molecule has 2 aromatic carbocycles. The van der Waals surface area contributed by atoms with Gasteiger partial charge >= 0.3 is 0 Å². The average molecular weight is 413 g/mol. The zero-order chi connectivity index (χ0) is 15.2. The molecule has 0 amide bonds. The van der Waals surface area contributed by atoms with Gasteiger partial charge < -0.3 is 10.1 Å². The van der Waals surface area contributed by atoms with Crippen LogP contribution in [0.25, 0.3) is 0 Å². The number of halogens is 2. The van der Waals surface area contributed by atoms with E-state index in [1.165, 1.54) is 11.1 Å². The van der Waals surface area contributed by atoms with Crippen LogP contribution in [-0.4, -0.2) is 13.7 Å². The van der Waals surface area contributed by atoms with Crippen molar-refractivity contribution in [2.24, 2.45) is 0 Å². The molecule has 0 aliphatic rings. The molecule has 0 spiro atoms. The largest absolute Gasteiger partial charge is 0.496 e. The van der Waals surface area contributed by atoms with Crippen LogP contribution in [-0.2, 0) is 0 Å². The molecule has 0 aromatic heterocycles. The van der Waals surface area contributed by atoms with Gasteiger partial charge in [0, 0.05) is 4.47 Å². The van der Waals surface area contributed by atoms with Crippen molar-refractivity contribution < 1.29 is 4.74 Å². The van der Waals surface area contributed by atoms with Crippen molar-refractivity contribution in [2.75, 3.05) is 13.7 Å². The van der Waals surface area contributed by atoms with Gasteiger partial charge in [-0.3, -0.25) is 0 Å². The molecule has 0 radical (unpaired) electrons. The molecular weight excluding hydrogens is 394 g/mol. The Morgan fingerprint density at radius 3 is 2.29 bits per heavy atom. The molecule has 0 fully saturated rings. The summed E-state index contributed by atoms with van der Waals surface area (Å²) in [5.41, 5.74) is 2.47. The Labute approximate surface area is 143 Å². The summed E-state index contributed by atoms with van der Waals surface area (Å²) >= 11 is 7.06. The molecule has 112 valence electrons. The number of rotatable bonds is 6. The monoisotopic (exact) mass is 411 g/mol. The van der Waals surface area contributed by atoms with E-state index in [4.69, 9.17) is 4.74 Å². The first-order chi connectivity index (χ1) is 10.2. The van der Waals surface area contributed by atoms with Gasteiger partial charge in [-0.2, -0.15) is 0 Å². The molecule has 1 N–H and O–H groups in total. The predicted octanol–water partition coefficient (Wildman–Crippen LogP) is 5.31. The Morgan fingerprint density at radius 1 is 1.05 bits per heavy atom. The maximum atomic E-state index is 5.31. The highest BCUT2D eigenvalue weighted by atomic mass is 79.9. The molecule has 0 aliphatic carbocycles. The highest BCUT2D eigenvalue weighted by molar-refractivity contribution is 9.10. The first kappa shape index (κ1) is 16.5. The summed E-state index contributed by atoms with van der Waals surface area (Å²) in [6, 6.07) is 14.9. The van der Waals surface area contributed by atoms with E-state index in [2.05, 4.69) is 80.5 Å². The predicted molar refractivity (Wildman–Crippen MR) is 95.0 cm³/mol. The lowest BCUT2D eigenvalue weighted by Gasteiger charge is -2.20. The lowest BCUT2D eigenvalue weighted by atomic mass is 9.98. The molecular formula is C17H19Br2NO. The summed E-state index contributed by atoms with van der Waals surface area (Å²) in [7, 11) is 1.68. The number of nitrogens with one attached hydrogen (secondary N) is 1. The number of ether oxygens (including phenoxy) is 1. The number of methoxy groups -OCH3 is 1. The first-order valence-corrected chi connectivity index (χ1v) is 8.56. The van der Waals surface area contributed by atoms with E-state index in [0.717, 1.165) is 27.7 Å². The zero-order valence-electron chi connectivity index (χ0n) is 12.2. The summed E-state index contributed by atoms with van der Waals surface area (Å²) < 4.78 is 7.38. The Kier molecular flexibility index (Phi) is 6.27. The third kappa shape index (κ3) is 4.31. The molecule has 0 heterocycles. The minimum absolute atomic E-state index is 0.181. The second-order valence-corrected chi connectivity index (χ2v) is 6.60. The molecule has 2 aromatic rings. The maximum absolute atomic E-state index is 5.31. The molecule has 0 saturated carbocycles. The maximum Gasteiger partial charge on any atom is 0.133 e. The fraction of sp³-hybridized carbons (Fsp3) is 0.294. The smallest absolute Gasteiger partial charge is 0.133 e. The lowest BCUT2D eigenvalue weighted by Crippen LogP contribution is -2.23. The quantitative estimate of drug-likeness (QED) is 0.694. The highest BCUT2D eigenvalue weighted by Gasteiger charge is 2.14. The molecule has 0 aliphatic heterocycles. The SMILES string of the molecule is CCCNC(c1ccc(Br)cc1)c1ccc(OC)c(Br)c1. The van der Waals surface area contributed by atoms with Crippen LogP contribution >= 0.6 is 31.9 Å². The van der Waals surface area contributed by atoms with Crippen LogP contribution in [0.1, 0.15) is 30.5 Å². The van der Waals surface area contributed by atoms with E-state index in [9.17, 15) is 0 Å². The van der Waals surface area contributed by atoms with Gasteiger partial charge in [0.25, 0.3) is 0 Å². The van der Waals surface area contributed by atoms with Crippen molar-refractivity contribution in [1.29, 1.82) is 0 Å². The van der Waals surface area contributed by atoms with Crippen LogP contribution in [0.4, 0.5) is 0 Å². The molecule has 0 bridgehead atoms. The summed E-state index contributed by atoms with van der Waals surface area (Å²) in [5, 5.41) is 3.61. The van der Waals surface area contributed by atoms with E-state index in [1.807, 2.05) is 6.07 Å². The minimum atomic E-state index is 0.181. The van der Waals surface area contributed by atoms with Crippen molar-refractivity contribution in [2.45, 2.75) is 19.4 Å². The molecule has 1 unspecified atom stereocenters. The van der Waals surface area contributed by atoms with Gasteiger partial charge in [0.15, 0.2) is 0 Å². The van der Waals surface area contributed by atoms with Crippen molar-refractivity contribution >= 4 is 31.9 Å². The normalized spacial score (nSPS) is 12.2. The van der Waals surface area contributed by atoms with Crippen LogP contribution in [0.2, 0.25) is 0 Å². The van der Waals surface area contributed by atoms with Crippen molar-refractivity contribution in [3.8, 4) is 5.75 Å². The van der Waals surface area contributed by atoms with Crippen LogP contribution in [0.5, 0.6) is 5.75 Å². The first-order valence-electron chi connectivity index (χ1n) is 6.98. The molecule has 1 atom stereocenters. The van der Waals surface area contributed by atoms with E-state index in [1.54, 1.807) is 7.11 Å². The minimum Gasteiger partial charge on any atom is -0.496 e. The van der Waals surface area contributed by atoms with Gasteiger partial charge in [-0.05, 0) is 64.3 Å². The second kappa shape index (κ2) is 7.97. The van der Waals surface area contributed by atoms with Crippen molar-refractivity contribution in [3.05, 3.63) is 62.5 Å². The Morgan fingerprint density at radius 2 is 1.71 bits per heavy atom. The lowest BCUT2D eigenvalue weighted by molar-refractivity contribution is 0.411. The van der Waals surface area contributed by atoms with Crippen LogP contribution in [0.15, 0.2) is 51.4 Å². The topological polar surface area (TPSA) is 21.3 Å². The molecule has 21 heavy (non-hydrogen) atoms. The van der Waals surface area contributed by atoms with Gasteiger partial charge in [-0.1, -0.05) is 41.1 Å². The number of benzene rings is 2. The van der Waals surface area contributed by atoms with Crippen LogP contribution < -0.4 is 10.1 Å². The molecule has 2 rings (SSSR count). The number of hydrogen-bond acceptors (Lipinski definition) is 2. The third-order valence-corrected chi connectivity index (χ3v) is 4.46. The molecule has 0 saturated heterocycles. The van der Waals surface area contributed by atoms with Gasteiger partial charge in [0.2, 0.25) is 0 Å². The third-order valence-electron chi connectivity index (χ3n) is 3.31. The Bertz CT molecular complexity index is 584. The summed E-state index contributed by atoms with van der Waals surface area (Å²) in [4.78, 5) is 0. The summed E-state index contributed by atoms with van der Waals surface area (Å²) in [5.74, 6) is 0.851. The highest BCUT2D eigenvalue weighted by Crippen LogP contribution is 2.31. The Balaban J connectivity index is 2.35. The van der Waals surface area contributed by atoms with E-state index >= 15 is 0 Å². The summed E-state index contributed by atoms with van der Waals surface area (Å²) in [6.45, 7) is 3.15. The van der Waals surface area contributed by atoms with Gasteiger partial charge in [-0.15, -0.1) is 0 Å².